The first-order valence-electron chi connectivity index (χ1n) is 22.7. The molecule has 6 fully saturated rings. The van der Waals surface area contributed by atoms with Crippen molar-refractivity contribution < 1.29 is 441 Å². The van der Waals surface area contributed by atoms with Crippen molar-refractivity contribution in [3.8, 4) is 0 Å². The van der Waals surface area contributed by atoms with Gasteiger partial charge in [0, 0.05) is 7.11 Å². The molecule has 6 aliphatic rings. The average molecular weight is 1590 g/mol. The SMILES string of the molecule is CO[C@H]1O[C@H](COS(=O)(=O)[O-])[C@@H](O[C@@H]2O[C@@H](C(=O)[O-])[C@@H](O[C@H]3O[C@H](COS(=O)(=O)[O-])[C@@H](O[C@@H]4O[C@@H]5C(=O)N[C@H]6[C@@H](O[C@H]5[C@H](O)[C@H]4O)O[C@H](COS(=O)(=O)[O-])[C@@H](O)[C@@H]6O)[C@H](OS(=O)(=O)[O-])[C@H]3NS(=O)(=O)[O-])[C@H](O)[C@H]2OS(=O)(=O)[O-])[C@H](O)[C@H]1NS(=O)(=O)[O-].[Na+].[Na+].[Na+].[Na+].[Na+].[Na+].[Na+].[Na+]. The van der Waals surface area contributed by atoms with E-state index in [-0.39, 0.29) is 236 Å². The van der Waals surface area contributed by atoms with Crippen LogP contribution in [0.5, 0.6) is 0 Å². The summed E-state index contributed by atoms with van der Waals surface area (Å²) in [5.41, 5.74) is 0. The number of aliphatic hydroxyl groups is 6. The predicted molar refractivity (Wildman–Crippen MR) is 232 cm³/mol. The Labute approximate surface area is 709 Å². The summed E-state index contributed by atoms with van der Waals surface area (Å²) in [6, 6.07) is -7.67. The van der Waals surface area contributed by atoms with E-state index in [2.05, 4.69) is 20.9 Å². The molecule has 94 heavy (non-hydrogen) atoms. The van der Waals surface area contributed by atoms with E-state index >= 15 is 0 Å². The Kier molecular flexibility index (Phi) is 46.1. The number of aliphatic carboxylic acids is 1. The van der Waals surface area contributed by atoms with Crippen LogP contribution in [-0.4, -0.2) is 314 Å². The van der Waals surface area contributed by atoms with Crippen molar-refractivity contribution in [1.82, 2.24) is 14.8 Å². The van der Waals surface area contributed by atoms with Crippen molar-refractivity contribution in [3.05, 3.63) is 0 Å². The summed E-state index contributed by atoms with van der Waals surface area (Å²) >= 11 is 0. The minimum Gasteiger partial charge on any atom is -0.735 e. The van der Waals surface area contributed by atoms with Gasteiger partial charge in [-0.3, -0.25) is 25.7 Å². The van der Waals surface area contributed by atoms with Crippen LogP contribution < -0.4 is 256 Å². The first kappa shape index (κ1) is 104. The molecule has 0 radical (unpaired) electrons. The van der Waals surface area contributed by atoms with Crippen molar-refractivity contribution in [2.24, 2.45) is 0 Å². The molecule has 0 aromatic rings. The Bertz CT molecular complexity index is 3270. The van der Waals surface area contributed by atoms with Crippen molar-refractivity contribution >= 4 is 84.5 Å². The maximum absolute atomic E-state index is 13.6. The molecule has 0 aromatic heterocycles. The second-order valence-corrected chi connectivity index (χ2v) is 25.6. The predicted octanol–water partition coefficient (Wildman–Crippen LogP) is -40.8. The number of nitrogens with one attached hydrogen (secondary N) is 3. The van der Waals surface area contributed by atoms with Crippen LogP contribution in [-0.2, 0) is 150 Å². The van der Waals surface area contributed by atoms with Gasteiger partial charge in [0.1, 0.15) is 110 Å². The standard InChI is InChI=1S/C31H51N3O45S7.8Na/c1-65-27-9(33-80(44,45)46)13(37)17(6(70-27)3-67-83(53,54)55)72-31-22(79-86(62,63)64)16(40)21(24(77-31)26(42)43)75-29-10(34-81(47,48)49)19(78-85(59,60)61)18(7(71-29)4-68-84(56,57)58)73-30-15(39)14(38)20-23(76-30)25(41)32-8-12(36)11(35)5(69-28(8)74-20)2-66-82(50,51)52;;;;;;;;/h5-24,27-31,33-40H,2-4H2,1H3,(H,32,41)(H,42,43)(H,44,45,46)(H,47,48,49)(H,50,51,52)(H,53,54,55)(H,56,57,58)(H,59,60,61)(H,62,63,64);;;;;;;;/q;8*+1/p-8/t5-,6-,7-,8-,9-,10-,11-,12-,13-,14-,15-,16+,17-,18-,19-,20+,21+,22-,23+,24-,27+,28-,29-,30-,31-;;;;;;;;/m1......../s1. The topological polar surface area (TPSA) is 754 Å². The molecule has 0 spiro atoms. The summed E-state index contributed by atoms with van der Waals surface area (Å²) in [6.07, 6.45) is -60.8. The number of aliphatic hydroxyl groups excluding tert-OH is 6. The summed E-state index contributed by atoms with van der Waals surface area (Å²) in [7, 11) is -41.8. The molecular weight excluding hydrogens is 1540 g/mol. The van der Waals surface area contributed by atoms with E-state index in [4.69, 9.17) is 47.4 Å². The minimum atomic E-state index is -6.55. The van der Waals surface area contributed by atoms with Crippen LogP contribution in [0.3, 0.4) is 0 Å². The van der Waals surface area contributed by atoms with Gasteiger partial charge in [-0.2, -0.15) is 0 Å². The van der Waals surface area contributed by atoms with Gasteiger partial charge in [0.2, 0.25) is 52.0 Å². The van der Waals surface area contributed by atoms with Crippen LogP contribution in [0, 0.1) is 0 Å². The second-order valence-electron chi connectivity index (χ2n) is 18.1. The zero-order valence-electron chi connectivity index (χ0n) is 49.5. The maximum atomic E-state index is 13.6. The van der Waals surface area contributed by atoms with Gasteiger partial charge >= 0.3 is 236 Å². The molecule has 0 aromatic carbocycles. The van der Waals surface area contributed by atoms with Crippen molar-refractivity contribution in [2.75, 3.05) is 26.9 Å². The Morgan fingerprint density at radius 2 is 0.894 bits per heavy atom. The van der Waals surface area contributed by atoms with Gasteiger partial charge < -0.3 is 125 Å². The molecule has 0 aliphatic carbocycles. The number of carbonyl (C=O) groups excluding carboxylic acids is 2. The fourth-order valence-electron chi connectivity index (χ4n) is 9.06. The molecule has 0 bridgehead atoms. The molecule has 9 N–H and O–H groups in total. The van der Waals surface area contributed by atoms with Gasteiger partial charge in [0.15, 0.2) is 64.3 Å². The first-order chi connectivity index (χ1) is 39.1. The van der Waals surface area contributed by atoms with Crippen LogP contribution >= 0.6 is 0 Å². The number of hydrogen-bond acceptors (Lipinski definition) is 45. The van der Waals surface area contributed by atoms with E-state index in [1.54, 1.807) is 0 Å². The number of rotatable bonds is 25. The summed E-state index contributed by atoms with van der Waals surface area (Å²) in [5, 5.41) is 81.7. The summed E-state index contributed by atoms with van der Waals surface area (Å²) < 4.78 is 325. The van der Waals surface area contributed by atoms with Crippen molar-refractivity contribution in [1.29, 1.82) is 0 Å². The molecule has 48 nitrogen and oxygen atoms in total. The minimum absolute atomic E-state index is 0. The van der Waals surface area contributed by atoms with Gasteiger partial charge in [0.25, 0.3) is 5.91 Å². The monoisotopic (exact) mass is 1580 g/mol. The Hall–Kier alpha value is 5.39. The zero-order chi connectivity index (χ0) is 64.9. The average Bonchev–Trinajstić information content (AvgIpc) is 1.14. The summed E-state index contributed by atoms with van der Waals surface area (Å²) in [6.45, 7) is -4.97. The number of fused-ring (bicyclic) bond motifs is 2. The van der Waals surface area contributed by atoms with Crippen LogP contribution in [0.4, 0.5) is 0 Å². The van der Waals surface area contributed by atoms with Gasteiger partial charge in [0.05, 0.1) is 25.8 Å². The fourth-order valence-corrected chi connectivity index (χ4v) is 12.1. The first-order valence-corrected chi connectivity index (χ1v) is 32.2. The third kappa shape index (κ3) is 30.1. The third-order valence-corrected chi connectivity index (χ3v) is 15.7. The molecule has 25 atom stereocenters. The van der Waals surface area contributed by atoms with Gasteiger partial charge in [-0.15, -0.1) is 0 Å². The van der Waals surface area contributed by atoms with Crippen molar-refractivity contribution in [2.45, 2.75) is 153 Å². The molecule has 6 heterocycles. The number of carbonyl (C=O) groups is 2. The van der Waals surface area contributed by atoms with E-state index in [0.717, 1.165) is 4.72 Å². The number of methoxy groups -OCH3 is 1. The smallest absolute Gasteiger partial charge is 0.735 e. The Balaban J connectivity index is -0.0000104. The molecule has 6 saturated heterocycles. The van der Waals surface area contributed by atoms with E-state index < -0.39 is 258 Å². The molecule has 502 valence electrons. The zero-order valence-corrected chi connectivity index (χ0v) is 71.2. The molecule has 1 amide bonds. The molecule has 0 saturated carbocycles. The van der Waals surface area contributed by atoms with Crippen LogP contribution in [0.2, 0.25) is 0 Å². The van der Waals surface area contributed by atoms with E-state index in [0.29, 0.717) is 7.11 Å². The summed E-state index contributed by atoms with van der Waals surface area (Å²) in [4.78, 5) is 26.5. The number of hydrogen-bond donors (Lipinski definition) is 9. The van der Waals surface area contributed by atoms with E-state index in [1.807, 2.05) is 5.32 Å². The molecule has 0 unspecified atom stereocenters. The normalized spacial score (nSPS) is 37.2. The number of amides is 1. The van der Waals surface area contributed by atoms with Gasteiger partial charge in [-0.05, 0) is 0 Å². The maximum Gasteiger partial charge on any atom is 1.00 e. The molecule has 6 aliphatic heterocycles. The number of carboxylic acids is 1. The van der Waals surface area contributed by atoms with Crippen LogP contribution in [0.15, 0.2) is 0 Å². The quantitative estimate of drug-likeness (QED) is 0.0233. The second kappa shape index (κ2) is 41.8. The Morgan fingerprint density at radius 1 is 0.457 bits per heavy atom. The van der Waals surface area contributed by atoms with E-state index in [1.165, 1.54) is 4.72 Å². The van der Waals surface area contributed by atoms with Crippen LogP contribution in [0.25, 0.3) is 0 Å². The van der Waals surface area contributed by atoms with Gasteiger partial charge in [-0.25, -0.2) is 68.4 Å². The largest absolute Gasteiger partial charge is 1.00 e. The molecular formula is C31H43N3Na8O45S7. The molecule has 6 rings (SSSR count). The number of ether oxygens (including phenoxy) is 10. The number of carboxylic acid groups (broad SMARTS) is 1. The fraction of sp³-hybridized carbons (Fsp3) is 0.935. The van der Waals surface area contributed by atoms with Crippen molar-refractivity contribution in [3.63, 3.8) is 0 Å². The third-order valence-electron chi connectivity index (χ3n) is 12.4. The Morgan fingerprint density at radius 3 is 1.35 bits per heavy atom. The van der Waals surface area contributed by atoms with Gasteiger partial charge in [-0.1, -0.05) is 0 Å². The molecule has 63 heteroatoms. The summed E-state index contributed by atoms with van der Waals surface area (Å²) in [5.74, 6) is -4.32. The van der Waals surface area contributed by atoms with E-state index in [9.17, 15) is 136 Å². The van der Waals surface area contributed by atoms with Crippen LogP contribution in [0.1, 0.15) is 0 Å².